The molecule has 0 bridgehead atoms. The van der Waals surface area contributed by atoms with Gasteiger partial charge >= 0.3 is 5.69 Å². The third kappa shape index (κ3) is 4.82. The minimum Gasteiger partial charge on any atom is -0.306 e. The number of H-pyrrole nitrogens is 1. The molecule has 1 N–H and O–H groups in total. The van der Waals surface area contributed by atoms with Crippen LogP contribution in [-0.4, -0.2) is 34.1 Å². The average Bonchev–Trinajstić information content (AvgIpc) is 3.26. The lowest BCUT2D eigenvalue weighted by Crippen LogP contribution is -2.37. The zero-order valence-corrected chi connectivity index (χ0v) is 18.8. The van der Waals surface area contributed by atoms with Crippen molar-refractivity contribution in [3.8, 4) is 0 Å². The van der Waals surface area contributed by atoms with Crippen LogP contribution >= 0.6 is 0 Å². The molecule has 176 valence electrons. The Bertz CT molecular complexity index is 1480. The Balaban J connectivity index is 1.29. The zero-order chi connectivity index (χ0) is 27.0. The molecule has 1 aliphatic rings. The molecule has 1 atom stereocenters. The molecule has 34 heavy (non-hydrogen) atoms. The summed E-state index contributed by atoms with van der Waals surface area (Å²) in [6, 6.07) is 11.4. The fraction of sp³-hybridized carbons (Fsp3) is 0.321. The molecule has 3 aromatic carbocycles. The predicted molar refractivity (Wildman–Crippen MR) is 131 cm³/mol. The van der Waals surface area contributed by atoms with Gasteiger partial charge in [-0.2, -0.15) is 0 Å². The van der Waals surface area contributed by atoms with Gasteiger partial charge in [0.1, 0.15) is 11.6 Å². The van der Waals surface area contributed by atoms with Crippen molar-refractivity contribution in [2.45, 2.75) is 37.6 Å². The Kier molecular flexibility index (Phi) is 5.30. The van der Waals surface area contributed by atoms with E-state index in [2.05, 4.69) is 9.88 Å². The molecule has 1 unspecified atom stereocenters. The highest BCUT2D eigenvalue weighted by molar-refractivity contribution is 5.75. The van der Waals surface area contributed by atoms with Crippen molar-refractivity contribution in [1.82, 2.24) is 14.5 Å². The summed E-state index contributed by atoms with van der Waals surface area (Å²) < 4.78 is 62.2. The highest BCUT2D eigenvalue weighted by atomic mass is 19.1. The van der Waals surface area contributed by atoms with Gasteiger partial charge in [-0.05, 0) is 79.7 Å². The van der Waals surface area contributed by atoms with Crippen molar-refractivity contribution in [1.29, 1.82) is 0 Å². The van der Waals surface area contributed by atoms with Crippen molar-refractivity contribution in [3.05, 3.63) is 106 Å². The van der Waals surface area contributed by atoms with Crippen LogP contribution in [0.25, 0.3) is 11.0 Å². The summed E-state index contributed by atoms with van der Waals surface area (Å²) in [5.74, 6) is -2.12. The van der Waals surface area contributed by atoms with Crippen molar-refractivity contribution in [3.63, 3.8) is 0 Å². The number of aromatic nitrogens is 2. The van der Waals surface area contributed by atoms with Crippen molar-refractivity contribution in [2.24, 2.45) is 0 Å². The van der Waals surface area contributed by atoms with E-state index >= 15 is 0 Å². The summed E-state index contributed by atoms with van der Waals surface area (Å²) in [5.41, 5.74) is 2.45. The topological polar surface area (TPSA) is 41.0 Å². The molecule has 0 spiro atoms. The molecule has 5 rings (SSSR count). The Hall–Kier alpha value is -3.25. The zero-order valence-electron chi connectivity index (χ0n) is 22.8. The SMILES string of the molecule is [2H]c1c([2H])c(C(CCCN2CCC(n3c(=O)[nH]c4ccccc43)CC2)c2ccc(F)cc2)c([2H])c([2H])c1F. The van der Waals surface area contributed by atoms with Gasteiger partial charge in [-0.3, -0.25) is 4.57 Å². The van der Waals surface area contributed by atoms with Crippen LogP contribution < -0.4 is 5.69 Å². The number of hydrogen-bond acceptors (Lipinski definition) is 2. The number of aromatic amines is 1. The van der Waals surface area contributed by atoms with Crippen LogP contribution in [0.3, 0.4) is 0 Å². The van der Waals surface area contributed by atoms with E-state index in [0.29, 0.717) is 18.4 Å². The van der Waals surface area contributed by atoms with Crippen LogP contribution in [0.2, 0.25) is 0 Å². The monoisotopic (exact) mass is 465 g/mol. The number of likely N-dealkylation sites (tertiary alicyclic amines) is 1. The van der Waals surface area contributed by atoms with Gasteiger partial charge in [0.05, 0.1) is 16.5 Å². The van der Waals surface area contributed by atoms with E-state index in [1.807, 2.05) is 28.8 Å². The number of para-hydroxylation sites is 2. The molecule has 0 radical (unpaired) electrons. The summed E-state index contributed by atoms with van der Waals surface area (Å²) in [5, 5.41) is 0. The summed E-state index contributed by atoms with van der Waals surface area (Å²) >= 11 is 0. The molecular formula is C28H29F2N3O. The van der Waals surface area contributed by atoms with Crippen molar-refractivity contribution in [2.75, 3.05) is 19.6 Å². The van der Waals surface area contributed by atoms with E-state index in [-0.39, 0.29) is 17.3 Å². The van der Waals surface area contributed by atoms with Gasteiger partial charge in [0.2, 0.25) is 0 Å². The predicted octanol–water partition coefficient (Wildman–Crippen LogP) is 5.86. The molecular weight excluding hydrogens is 432 g/mol. The van der Waals surface area contributed by atoms with E-state index in [1.165, 1.54) is 12.1 Å². The van der Waals surface area contributed by atoms with Gasteiger partial charge in [-0.1, -0.05) is 36.4 Å². The number of rotatable bonds is 7. The summed E-state index contributed by atoms with van der Waals surface area (Å²) in [6.07, 6.45) is 2.85. The van der Waals surface area contributed by atoms with Gasteiger partial charge in [0.25, 0.3) is 0 Å². The second kappa shape index (κ2) is 9.94. The standard InChI is InChI=1S/C28H29F2N3O/c29-22-11-7-20(8-12-22)25(21-9-13-23(30)14-10-21)4-3-17-32-18-15-24(16-19-32)33-27-6-2-1-5-26(27)31-28(33)34/h1-2,5-14,24-25H,3-4,15-19H2,(H,31,34)/i7D,8D,11D,12D. The van der Waals surface area contributed by atoms with E-state index in [1.54, 1.807) is 12.1 Å². The molecule has 4 nitrogen and oxygen atoms in total. The average molecular weight is 466 g/mol. The van der Waals surface area contributed by atoms with E-state index in [9.17, 15) is 13.6 Å². The van der Waals surface area contributed by atoms with Crippen LogP contribution in [0.4, 0.5) is 8.78 Å². The first-order valence-electron chi connectivity index (χ1n) is 13.7. The first-order chi connectivity index (χ1) is 18.3. The lowest BCUT2D eigenvalue weighted by Gasteiger charge is -2.32. The van der Waals surface area contributed by atoms with E-state index < -0.39 is 41.7 Å². The van der Waals surface area contributed by atoms with Crippen LogP contribution in [0.1, 0.15) is 54.3 Å². The van der Waals surface area contributed by atoms with E-state index in [0.717, 1.165) is 43.5 Å². The second-order valence-electron chi connectivity index (χ2n) is 8.86. The largest absolute Gasteiger partial charge is 0.326 e. The molecule has 1 aliphatic heterocycles. The minimum atomic E-state index is -1.17. The Morgan fingerprint density at radius 2 is 1.65 bits per heavy atom. The maximum atomic E-state index is 14.2. The molecule has 0 aliphatic carbocycles. The molecule has 2 heterocycles. The summed E-state index contributed by atoms with van der Waals surface area (Å²) in [7, 11) is 0. The minimum absolute atomic E-state index is 0.0917. The molecule has 1 saturated heterocycles. The number of nitrogens with zero attached hydrogens (tertiary/aromatic N) is 2. The highest BCUT2D eigenvalue weighted by Gasteiger charge is 2.24. The number of fused-ring (bicyclic) bond motifs is 1. The van der Waals surface area contributed by atoms with Crippen LogP contribution in [-0.2, 0) is 0 Å². The molecule has 0 saturated carbocycles. The normalized spacial score (nSPS) is 17.8. The summed E-state index contributed by atoms with van der Waals surface area (Å²) in [6.45, 7) is 2.38. The third-order valence-corrected chi connectivity index (χ3v) is 6.75. The fourth-order valence-electron chi connectivity index (χ4n) is 5.01. The lowest BCUT2D eigenvalue weighted by molar-refractivity contribution is 0.183. The van der Waals surface area contributed by atoms with Gasteiger partial charge < -0.3 is 9.88 Å². The number of imidazole rings is 1. The van der Waals surface area contributed by atoms with Crippen molar-refractivity contribution < 1.29 is 14.3 Å². The maximum absolute atomic E-state index is 14.2. The maximum Gasteiger partial charge on any atom is 0.326 e. The van der Waals surface area contributed by atoms with Crippen LogP contribution in [0.5, 0.6) is 0 Å². The number of hydrogen-bond donors (Lipinski definition) is 1. The number of halogens is 2. The van der Waals surface area contributed by atoms with Gasteiger partial charge in [0, 0.05) is 25.0 Å². The van der Waals surface area contributed by atoms with Crippen LogP contribution in [0.15, 0.2) is 77.5 Å². The Morgan fingerprint density at radius 3 is 2.38 bits per heavy atom. The first-order valence-corrected chi connectivity index (χ1v) is 11.7. The third-order valence-electron chi connectivity index (χ3n) is 6.75. The molecule has 6 heteroatoms. The van der Waals surface area contributed by atoms with Gasteiger partial charge in [-0.25, -0.2) is 13.6 Å². The first kappa shape index (κ1) is 18.1. The quantitative estimate of drug-likeness (QED) is 0.372. The van der Waals surface area contributed by atoms with E-state index in [4.69, 9.17) is 5.48 Å². The fourth-order valence-corrected chi connectivity index (χ4v) is 5.01. The van der Waals surface area contributed by atoms with Crippen molar-refractivity contribution >= 4 is 11.0 Å². The number of nitrogens with one attached hydrogen (secondary N) is 1. The smallest absolute Gasteiger partial charge is 0.306 e. The van der Waals surface area contributed by atoms with Crippen LogP contribution in [0, 0.1) is 11.6 Å². The Morgan fingerprint density at radius 1 is 0.941 bits per heavy atom. The van der Waals surface area contributed by atoms with Gasteiger partial charge in [0.15, 0.2) is 0 Å². The number of piperidine rings is 1. The number of benzene rings is 3. The summed E-state index contributed by atoms with van der Waals surface area (Å²) in [4.78, 5) is 17.8. The molecule has 1 aromatic heterocycles. The Labute approximate surface area is 203 Å². The second-order valence-corrected chi connectivity index (χ2v) is 8.86. The molecule has 0 amide bonds. The molecule has 1 fully saturated rings. The lowest BCUT2D eigenvalue weighted by atomic mass is 9.87. The van der Waals surface area contributed by atoms with Gasteiger partial charge in [-0.15, -0.1) is 0 Å². The molecule has 4 aromatic rings. The highest BCUT2D eigenvalue weighted by Crippen LogP contribution is 2.31.